The molecule has 7 heteroatoms. The minimum absolute atomic E-state index is 0.0242. The highest BCUT2D eigenvalue weighted by molar-refractivity contribution is 6.31. The van der Waals surface area contributed by atoms with Gasteiger partial charge in [0, 0.05) is 32.0 Å². The highest BCUT2D eigenvalue weighted by atomic mass is 35.5. The second kappa shape index (κ2) is 8.18. The quantitative estimate of drug-likeness (QED) is 0.577. The fourth-order valence-electron chi connectivity index (χ4n) is 3.24. The predicted molar refractivity (Wildman–Crippen MR) is 116 cm³/mol. The Hall–Kier alpha value is -1.98. The number of carbonyl (C=O) groups excluding carboxylic acids is 1. The van der Waals surface area contributed by atoms with Gasteiger partial charge in [-0.05, 0) is 68.5 Å². The first kappa shape index (κ1) is 20.7. The minimum atomic E-state index is -1.62. The van der Waals surface area contributed by atoms with Crippen LogP contribution in [0.5, 0.6) is 0 Å². The average molecular weight is 438 g/mol. The zero-order chi connectivity index (χ0) is 20.5. The third kappa shape index (κ3) is 3.91. The summed E-state index contributed by atoms with van der Waals surface area (Å²) in [6.07, 6.45) is 3.40. The summed E-state index contributed by atoms with van der Waals surface area (Å²) in [5.41, 5.74) is 0.0505. The summed E-state index contributed by atoms with van der Waals surface area (Å²) in [5, 5.41) is 13.3. The number of nitrogens with zero attached hydrogens (tertiary/aromatic N) is 2. The Morgan fingerprint density at radius 1 is 1.04 bits per heavy atom. The zero-order valence-corrected chi connectivity index (χ0v) is 17.6. The molecule has 0 aromatic heterocycles. The molecule has 2 aromatic carbocycles. The van der Waals surface area contributed by atoms with E-state index in [-0.39, 0.29) is 12.6 Å². The molecule has 0 spiro atoms. The summed E-state index contributed by atoms with van der Waals surface area (Å²) in [6.45, 7) is 3.53. The van der Waals surface area contributed by atoms with E-state index in [0.29, 0.717) is 32.0 Å². The summed E-state index contributed by atoms with van der Waals surface area (Å²) in [4.78, 5) is 16.2. The van der Waals surface area contributed by atoms with Gasteiger partial charge < -0.3 is 5.11 Å². The fourth-order valence-corrected chi connectivity index (χ4v) is 3.61. The molecule has 146 valence electrons. The van der Waals surface area contributed by atoms with Gasteiger partial charge in [-0.25, -0.2) is 4.79 Å². The van der Waals surface area contributed by atoms with E-state index in [1.54, 1.807) is 74.5 Å². The number of β-amino-alcohol motifs (C(OH)–C–C–N with tert-alkyl or cyclic N) is 1. The van der Waals surface area contributed by atoms with Crippen LogP contribution in [-0.2, 0) is 0 Å². The number of benzene rings is 2. The van der Waals surface area contributed by atoms with Gasteiger partial charge in [-0.15, -0.1) is 0 Å². The minimum Gasteiger partial charge on any atom is -0.365 e. The van der Waals surface area contributed by atoms with Crippen LogP contribution in [0.3, 0.4) is 0 Å². The Bertz CT molecular complexity index is 935. The molecule has 1 saturated heterocycles. The smallest absolute Gasteiger partial charge is 0.331 e. The first-order chi connectivity index (χ1) is 13.3. The van der Waals surface area contributed by atoms with E-state index < -0.39 is 5.72 Å². The molecule has 2 aromatic rings. The number of rotatable bonds is 4. The molecular weight excluding hydrogens is 419 g/mol. The lowest BCUT2D eigenvalue weighted by atomic mass is 10.00. The number of amides is 2. The molecule has 0 saturated carbocycles. The SMILES string of the molecule is C/C=C(\C=C(/C)Cl)C1(O)CN(c2ccc(Cl)cc2)C(=O)N1c1ccc(Cl)cc1. The van der Waals surface area contributed by atoms with Crippen molar-refractivity contribution in [1.82, 2.24) is 0 Å². The summed E-state index contributed by atoms with van der Waals surface area (Å²) in [7, 11) is 0. The van der Waals surface area contributed by atoms with E-state index in [1.165, 1.54) is 9.80 Å². The van der Waals surface area contributed by atoms with Crippen molar-refractivity contribution in [1.29, 1.82) is 0 Å². The monoisotopic (exact) mass is 436 g/mol. The largest absolute Gasteiger partial charge is 0.365 e. The molecule has 1 atom stereocenters. The van der Waals surface area contributed by atoms with Crippen molar-refractivity contribution in [3.05, 3.63) is 81.3 Å². The number of aliphatic hydroxyl groups is 1. The molecule has 3 rings (SSSR count). The second-order valence-electron chi connectivity index (χ2n) is 6.45. The Labute approximate surface area is 179 Å². The molecule has 0 bridgehead atoms. The summed E-state index contributed by atoms with van der Waals surface area (Å²) < 4.78 is 0. The van der Waals surface area contributed by atoms with Crippen molar-refractivity contribution in [2.75, 3.05) is 16.3 Å². The van der Waals surface area contributed by atoms with Crippen molar-refractivity contribution in [3.63, 3.8) is 0 Å². The first-order valence-corrected chi connectivity index (χ1v) is 9.75. The third-order valence-corrected chi connectivity index (χ3v) is 5.13. The summed E-state index contributed by atoms with van der Waals surface area (Å²) in [6, 6.07) is 13.3. The van der Waals surface area contributed by atoms with E-state index in [2.05, 4.69) is 0 Å². The maximum atomic E-state index is 13.3. The normalized spacial score (nSPS) is 20.9. The van der Waals surface area contributed by atoms with Crippen LogP contribution in [0.4, 0.5) is 16.2 Å². The Balaban J connectivity index is 2.13. The van der Waals surface area contributed by atoms with Gasteiger partial charge in [0.25, 0.3) is 0 Å². The maximum absolute atomic E-state index is 13.3. The molecule has 1 aliphatic rings. The predicted octanol–water partition coefficient (Wildman–Crippen LogP) is 6.22. The average Bonchev–Trinajstić information content (AvgIpc) is 2.93. The van der Waals surface area contributed by atoms with Crippen LogP contribution in [0.1, 0.15) is 13.8 Å². The van der Waals surface area contributed by atoms with Crippen LogP contribution in [0.2, 0.25) is 10.0 Å². The molecule has 1 unspecified atom stereocenters. The zero-order valence-electron chi connectivity index (χ0n) is 15.4. The third-order valence-electron chi connectivity index (χ3n) is 4.52. The van der Waals surface area contributed by atoms with Crippen molar-refractivity contribution in [3.8, 4) is 0 Å². The van der Waals surface area contributed by atoms with Gasteiger partial charge in [-0.3, -0.25) is 9.80 Å². The second-order valence-corrected chi connectivity index (χ2v) is 7.92. The van der Waals surface area contributed by atoms with Crippen LogP contribution in [0.15, 0.2) is 71.3 Å². The number of hydrogen-bond acceptors (Lipinski definition) is 2. The van der Waals surface area contributed by atoms with Gasteiger partial charge in [-0.2, -0.15) is 0 Å². The van der Waals surface area contributed by atoms with E-state index in [1.807, 2.05) is 0 Å². The molecular formula is C21H19Cl3N2O2. The topological polar surface area (TPSA) is 43.8 Å². The first-order valence-electron chi connectivity index (χ1n) is 8.62. The van der Waals surface area contributed by atoms with Crippen molar-refractivity contribution >= 4 is 52.2 Å². The van der Waals surface area contributed by atoms with E-state index in [0.717, 1.165) is 0 Å². The molecule has 1 aliphatic heterocycles. The van der Waals surface area contributed by atoms with Crippen molar-refractivity contribution in [2.45, 2.75) is 19.6 Å². The molecule has 2 amide bonds. The Morgan fingerprint density at radius 3 is 2.00 bits per heavy atom. The van der Waals surface area contributed by atoms with Crippen LogP contribution in [0, 0.1) is 0 Å². The van der Waals surface area contributed by atoms with E-state index in [9.17, 15) is 9.90 Å². The molecule has 1 fully saturated rings. The summed E-state index contributed by atoms with van der Waals surface area (Å²) >= 11 is 18.0. The fraction of sp³-hybridized carbons (Fsp3) is 0.190. The molecule has 28 heavy (non-hydrogen) atoms. The number of halogens is 3. The summed E-state index contributed by atoms with van der Waals surface area (Å²) in [5.74, 6) is 0. The Morgan fingerprint density at radius 2 is 1.54 bits per heavy atom. The Kier molecular flexibility index (Phi) is 6.06. The van der Waals surface area contributed by atoms with Crippen LogP contribution in [-0.4, -0.2) is 23.4 Å². The van der Waals surface area contributed by atoms with Crippen LogP contribution in [0.25, 0.3) is 0 Å². The number of hydrogen-bond donors (Lipinski definition) is 1. The van der Waals surface area contributed by atoms with Gasteiger partial charge in [0.2, 0.25) is 0 Å². The molecule has 1 heterocycles. The van der Waals surface area contributed by atoms with E-state index >= 15 is 0 Å². The van der Waals surface area contributed by atoms with Crippen molar-refractivity contribution < 1.29 is 9.90 Å². The molecule has 1 N–H and O–H groups in total. The van der Waals surface area contributed by atoms with Crippen molar-refractivity contribution in [2.24, 2.45) is 0 Å². The van der Waals surface area contributed by atoms with Gasteiger partial charge >= 0.3 is 6.03 Å². The lowest BCUT2D eigenvalue weighted by Gasteiger charge is -2.33. The van der Waals surface area contributed by atoms with Crippen LogP contribution < -0.4 is 9.80 Å². The molecule has 4 nitrogen and oxygen atoms in total. The number of allylic oxidation sites excluding steroid dienone is 2. The van der Waals surface area contributed by atoms with Gasteiger partial charge in [0.05, 0.1) is 6.54 Å². The maximum Gasteiger partial charge on any atom is 0.331 e. The highest BCUT2D eigenvalue weighted by Gasteiger charge is 2.51. The van der Waals surface area contributed by atoms with Crippen LogP contribution >= 0.6 is 34.8 Å². The molecule has 0 radical (unpaired) electrons. The lowest BCUT2D eigenvalue weighted by Crippen LogP contribution is -2.48. The van der Waals surface area contributed by atoms with Gasteiger partial charge in [0.15, 0.2) is 5.72 Å². The molecule has 0 aliphatic carbocycles. The number of urea groups is 1. The van der Waals surface area contributed by atoms with Gasteiger partial charge in [-0.1, -0.05) is 40.9 Å². The standard InChI is InChI=1S/C21H19Cl3N2O2/c1-3-15(12-14(2)22)21(28)13-25(18-8-4-16(23)5-9-18)20(27)26(21)19-10-6-17(24)7-11-19/h3-12,28H,13H2,1-2H3/b14-12+,15-3+. The highest BCUT2D eigenvalue weighted by Crippen LogP contribution is 2.39. The number of carbonyl (C=O) groups is 1. The van der Waals surface area contributed by atoms with E-state index in [4.69, 9.17) is 34.8 Å². The lowest BCUT2D eigenvalue weighted by molar-refractivity contribution is 0.109. The number of anilines is 2. The van der Waals surface area contributed by atoms with Gasteiger partial charge in [0.1, 0.15) is 0 Å².